The Kier molecular flexibility index (Phi) is 5.89. The number of aliphatic hydroxyl groups is 1. The number of benzene rings is 2. The first kappa shape index (κ1) is 18.3. The highest BCUT2D eigenvalue weighted by atomic mass is 35.5. The molecule has 3 N–H and O–H groups in total. The predicted octanol–water partition coefficient (Wildman–Crippen LogP) is 3.56. The molecule has 3 rings (SSSR count). The largest absolute Gasteiger partial charge is 0.441 e. The van der Waals surface area contributed by atoms with Crippen molar-refractivity contribution in [2.45, 2.75) is 19.4 Å². The van der Waals surface area contributed by atoms with Crippen molar-refractivity contribution in [3.63, 3.8) is 0 Å². The van der Waals surface area contributed by atoms with Gasteiger partial charge >= 0.3 is 0 Å². The molecule has 0 spiro atoms. The lowest BCUT2D eigenvalue weighted by atomic mass is 10.1. The molecule has 24 heavy (non-hydrogen) atoms. The molecule has 0 fully saturated rings. The monoisotopic (exact) mass is 346 g/mol. The molecule has 0 radical (unpaired) electrons. The minimum atomic E-state index is -0.304. The smallest absolute Gasteiger partial charge is 0.204 e. The van der Waals surface area contributed by atoms with Gasteiger partial charge in [-0.3, -0.25) is 0 Å². The summed E-state index contributed by atoms with van der Waals surface area (Å²) in [4.78, 5) is 0. The zero-order chi connectivity index (χ0) is 16.4. The third-order valence-electron chi connectivity index (χ3n) is 4.09. The summed E-state index contributed by atoms with van der Waals surface area (Å²) in [6.07, 6.45) is 0.569. The molecule has 1 atom stereocenters. The van der Waals surface area contributed by atoms with Gasteiger partial charge < -0.3 is 20.1 Å². The highest BCUT2D eigenvalue weighted by molar-refractivity contribution is 5.87. The summed E-state index contributed by atoms with van der Waals surface area (Å²) < 4.78 is 8.19. The molecule has 4 nitrogen and oxygen atoms in total. The second-order valence-electron chi connectivity index (χ2n) is 5.92. The van der Waals surface area contributed by atoms with Crippen molar-refractivity contribution in [3.8, 4) is 11.6 Å². The van der Waals surface area contributed by atoms with Crippen molar-refractivity contribution < 1.29 is 9.84 Å². The Bertz CT molecular complexity index is 812. The first-order chi connectivity index (χ1) is 11.1. The third-order valence-corrected chi connectivity index (χ3v) is 4.09. The van der Waals surface area contributed by atoms with Crippen LogP contribution in [-0.2, 0) is 13.5 Å². The van der Waals surface area contributed by atoms with Crippen LogP contribution >= 0.6 is 12.4 Å². The molecular weight excluding hydrogens is 324 g/mol. The van der Waals surface area contributed by atoms with E-state index in [0.29, 0.717) is 6.42 Å². The van der Waals surface area contributed by atoms with Gasteiger partial charge in [-0.1, -0.05) is 35.9 Å². The van der Waals surface area contributed by atoms with E-state index in [0.717, 1.165) is 28.1 Å². The van der Waals surface area contributed by atoms with E-state index in [9.17, 15) is 5.11 Å². The first-order valence-corrected chi connectivity index (χ1v) is 7.77. The van der Waals surface area contributed by atoms with Gasteiger partial charge in [0.25, 0.3) is 0 Å². The molecule has 128 valence electrons. The van der Waals surface area contributed by atoms with Crippen LogP contribution < -0.4 is 10.5 Å². The quantitative estimate of drug-likeness (QED) is 0.742. The number of aryl methyl sites for hydroxylation is 2. The Balaban J connectivity index is 0.00000208. The van der Waals surface area contributed by atoms with Crippen LogP contribution in [0.3, 0.4) is 0 Å². The van der Waals surface area contributed by atoms with Crippen molar-refractivity contribution in [2.75, 3.05) is 6.61 Å². The lowest BCUT2D eigenvalue weighted by Crippen LogP contribution is -2.26. The van der Waals surface area contributed by atoms with Crippen molar-refractivity contribution in [1.29, 1.82) is 0 Å². The van der Waals surface area contributed by atoms with Gasteiger partial charge in [0.2, 0.25) is 5.88 Å². The maximum atomic E-state index is 9.31. The predicted molar refractivity (Wildman–Crippen MR) is 100 cm³/mol. The van der Waals surface area contributed by atoms with Gasteiger partial charge in [-0.25, -0.2) is 0 Å². The van der Waals surface area contributed by atoms with Crippen molar-refractivity contribution in [1.82, 2.24) is 4.57 Å². The minimum Gasteiger partial charge on any atom is -0.441 e. The molecule has 2 aromatic carbocycles. The van der Waals surface area contributed by atoms with Crippen LogP contribution in [0.4, 0.5) is 0 Å². The van der Waals surface area contributed by atoms with E-state index in [-0.39, 0.29) is 25.1 Å². The fourth-order valence-corrected chi connectivity index (χ4v) is 2.82. The Hall–Kier alpha value is -2.01. The van der Waals surface area contributed by atoms with E-state index in [1.807, 2.05) is 54.9 Å². The van der Waals surface area contributed by atoms with E-state index in [4.69, 9.17) is 10.5 Å². The Labute approximate surface area is 148 Å². The van der Waals surface area contributed by atoms with Crippen LogP contribution in [0, 0.1) is 6.92 Å². The SMILES string of the molecule is Cc1ccc(Oc2c(CC(N)CO)c3ccccc3n2C)cc1.Cl. The third kappa shape index (κ3) is 3.56. The Morgan fingerprint density at radius 1 is 1.12 bits per heavy atom. The van der Waals surface area contributed by atoms with E-state index in [1.165, 1.54) is 5.56 Å². The molecule has 1 heterocycles. The molecular formula is C19H23ClN2O2. The van der Waals surface area contributed by atoms with Gasteiger partial charge in [-0.15, -0.1) is 12.4 Å². The summed E-state index contributed by atoms with van der Waals surface area (Å²) >= 11 is 0. The van der Waals surface area contributed by atoms with Crippen LogP contribution in [0.2, 0.25) is 0 Å². The highest BCUT2D eigenvalue weighted by Crippen LogP contribution is 2.35. The van der Waals surface area contributed by atoms with Crippen molar-refractivity contribution >= 4 is 23.3 Å². The fourth-order valence-electron chi connectivity index (χ4n) is 2.82. The molecule has 5 heteroatoms. The summed E-state index contributed by atoms with van der Waals surface area (Å²) in [5, 5.41) is 10.4. The summed E-state index contributed by atoms with van der Waals surface area (Å²) in [6.45, 7) is 2.00. The molecule has 0 aliphatic carbocycles. The maximum absolute atomic E-state index is 9.31. The number of halogens is 1. The van der Waals surface area contributed by atoms with Gasteiger partial charge in [-0.2, -0.15) is 0 Å². The number of nitrogens with two attached hydrogens (primary N) is 1. The number of aliphatic hydroxyl groups excluding tert-OH is 1. The molecule has 0 aliphatic heterocycles. The summed E-state index contributed by atoms with van der Waals surface area (Å²) in [6, 6.07) is 15.8. The summed E-state index contributed by atoms with van der Waals surface area (Å²) in [5.74, 6) is 1.57. The van der Waals surface area contributed by atoms with Crippen molar-refractivity contribution in [2.24, 2.45) is 12.8 Å². The van der Waals surface area contributed by atoms with Crippen LogP contribution in [-0.4, -0.2) is 22.3 Å². The topological polar surface area (TPSA) is 60.4 Å². The van der Waals surface area contributed by atoms with Gasteiger partial charge in [0.1, 0.15) is 5.75 Å². The molecule has 3 aromatic rings. The van der Waals surface area contributed by atoms with Crippen molar-refractivity contribution in [3.05, 3.63) is 59.7 Å². The van der Waals surface area contributed by atoms with Gasteiger partial charge in [-0.05, 0) is 31.5 Å². The second-order valence-corrected chi connectivity index (χ2v) is 5.92. The Morgan fingerprint density at radius 3 is 2.46 bits per heavy atom. The molecule has 0 saturated heterocycles. The summed E-state index contributed by atoms with van der Waals surface area (Å²) in [5.41, 5.74) is 9.29. The Morgan fingerprint density at radius 2 is 1.79 bits per heavy atom. The number of aromatic nitrogens is 1. The fraction of sp³-hybridized carbons (Fsp3) is 0.263. The number of rotatable bonds is 5. The normalized spacial score (nSPS) is 12.0. The van der Waals surface area contributed by atoms with E-state index < -0.39 is 0 Å². The maximum Gasteiger partial charge on any atom is 0.204 e. The van der Waals surface area contributed by atoms with Gasteiger partial charge in [0, 0.05) is 24.0 Å². The number of hydrogen-bond acceptors (Lipinski definition) is 3. The average molecular weight is 347 g/mol. The molecule has 1 aromatic heterocycles. The molecule has 0 bridgehead atoms. The second kappa shape index (κ2) is 7.71. The zero-order valence-electron chi connectivity index (χ0n) is 13.9. The van der Waals surface area contributed by atoms with Crippen LogP contribution in [0.25, 0.3) is 10.9 Å². The van der Waals surface area contributed by atoms with E-state index >= 15 is 0 Å². The first-order valence-electron chi connectivity index (χ1n) is 7.77. The van der Waals surface area contributed by atoms with Gasteiger partial charge in [0.15, 0.2) is 0 Å². The summed E-state index contributed by atoms with van der Waals surface area (Å²) in [7, 11) is 1.99. The number of hydrogen-bond donors (Lipinski definition) is 2. The van der Waals surface area contributed by atoms with Crippen LogP contribution in [0.5, 0.6) is 11.6 Å². The average Bonchev–Trinajstić information content (AvgIpc) is 2.83. The molecule has 0 saturated carbocycles. The van der Waals surface area contributed by atoms with E-state index in [1.54, 1.807) is 0 Å². The minimum absolute atomic E-state index is 0. The van der Waals surface area contributed by atoms with Crippen LogP contribution in [0.1, 0.15) is 11.1 Å². The number of fused-ring (bicyclic) bond motifs is 1. The number of para-hydroxylation sites is 1. The standard InChI is InChI=1S/C19H22N2O2.ClH/c1-13-7-9-15(10-8-13)23-19-17(11-14(20)12-22)16-5-3-4-6-18(16)21(19)2;/h3-10,14,22H,11-12,20H2,1-2H3;1H. The molecule has 0 amide bonds. The lowest BCUT2D eigenvalue weighted by Gasteiger charge is -2.12. The zero-order valence-corrected chi connectivity index (χ0v) is 14.7. The molecule has 1 unspecified atom stereocenters. The number of nitrogens with zero attached hydrogens (tertiary/aromatic N) is 1. The number of ether oxygens (including phenoxy) is 1. The molecule has 0 aliphatic rings. The lowest BCUT2D eigenvalue weighted by molar-refractivity contribution is 0.264. The van der Waals surface area contributed by atoms with Crippen LogP contribution in [0.15, 0.2) is 48.5 Å². The highest BCUT2D eigenvalue weighted by Gasteiger charge is 2.19. The van der Waals surface area contributed by atoms with Gasteiger partial charge in [0.05, 0.1) is 12.1 Å². The van der Waals surface area contributed by atoms with E-state index in [2.05, 4.69) is 12.1 Å².